The zero-order valence-electron chi connectivity index (χ0n) is 9.27. The highest BCUT2D eigenvalue weighted by Crippen LogP contribution is 2.18. The van der Waals surface area contributed by atoms with E-state index >= 15 is 0 Å². The quantitative estimate of drug-likeness (QED) is 0.641. The highest BCUT2D eigenvalue weighted by atomic mass is 19.4. The van der Waals surface area contributed by atoms with Crippen LogP contribution in [0.3, 0.4) is 0 Å². The number of methoxy groups -OCH3 is 1. The topological polar surface area (TPSA) is 21.3 Å². The summed E-state index contributed by atoms with van der Waals surface area (Å²) >= 11 is 0. The normalized spacial score (nSPS) is 11.6. The molecule has 0 radical (unpaired) electrons. The fourth-order valence-corrected chi connectivity index (χ4v) is 1.33. The summed E-state index contributed by atoms with van der Waals surface area (Å²) in [5, 5.41) is 2.24. The monoisotopic (exact) mass is 251 g/mol. The van der Waals surface area contributed by atoms with E-state index in [4.69, 9.17) is 4.74 Å². The van der Waals surface area contributed by atoms with Crippen molar-refractivity contribution >= 4 is 0 Å². The third kappa shape index (κ3) is 5.04. The first-order chi connectivity index (χ1) is 7.92. The van der Waals surface area contributed by atoms with Crippen molar-refractivity contribution in [3.63, 3.8) is 0 Å². The van der Waals surface area contributed by atoms with Gasteiger partial charge >= 0.3 is 6.18 Å². The molecular formula is C11H13F4NO. The van der Waals surface area contributed by atoms with Crippen LogP contribution >= 0.6 is 0 Å². The van der Waals surface area contributed by atoms with Crippen molar-refractivity contribution in [3.8, 4) is 5.75 Å². The summed E-state index contributed by atoms with van der Waals surface area (Å²) in [5.74, 6) is -0.391. The van der Waals surface area contributed by atoms with E-state index in [-0.39, 0.29) is 12.3 Å². The van der Waals surface area contributed by atoms with E-state index in [0.29, 0.717) is 12.0 Å². The van der Waals surface area contributed by atoms with Crippen LogP contribution in [0.4, 0.5) is 17.6 Å². The minimum Gasteiger partial charge on any atom is -0.494 e. The Morgan fingerprint density at radius 1 is 1.29 bits per heavy atom. The van der Waals surface area contributed by atoms with E-state index in [0.717, 1.165) is 0 Å². The molecule has 1 rings (SSSR count). The maximum atomic E-state index is 13.2. The average Bonchev–Trinajstić information content (AvgIpc) is 2.23. The van der Waals surface area contributed by atoms with Gasteiger partial charge in [-0.15, -0.1) is 0 Å². The van der Waals surface area contributed by atoms with E-state index < -0.39 is 18.5 Å². The van der Waals surface area contributed by atoms with Crippen molar-refractivity contribution in [2.45, 2.75) is 12.6 Å². The predicted octanol–water partition coefficient (Wildman–Crippen LogP) is 2.53. The minimum atomic E-state index is -4.22. The molecule has 0 saturated heterocycles. The van der Waals surface area contributed by atoms with Crippen LogP contribution in [0.2, 0.25) is 0 Å². The zero-order chi connectivity index (χ0) is 12.9. The molecule has 0 atom stereocenters. The molecule has 2 nitrogen and oxygen atoms in total. The molecule has 0 aliphatic rings. The smallest absolute Gasteiger partial charge is 0.401 e. The second-order valence-corrected chi connectivity index (χ2v) is 3.51. The van der Waals surface area contributed by atoms with E-state index in [1.807, 2.05) is 0 Å². The van der Waals surface area contributed by atoms with E-state index in [9.17, 15) is 17.6 Å². The van der Waals surface area contributed by atoms with Gasteiger partial charge in [0.1, 0.15) is 0 Å². The Kier molecular flexibility index (Phi) is 4.74. The Hall–Kier alpha value is -1.30. The molecule has 0 amide bonds. The van der Waals surface area contributed by atoms with Gasteiger partial charge in [0.2, 0.25) is 0 Å². The number of benzene rings is 1. The molecule has 0 aromatic heterocycles. The molecule has 0 spiro atoms. The summed E-state index contributed by atoms with van der Waals surface area (Å²) in [4.78, 5) is 0. The van der Waals surface area contributed by atoms with Crippen LogP contribution in [-0.4, -0.2) is 26.4 Å². The summed E-state index contributed by atoms with van der Waals surface area (Å²) in [5.41, 5.74) is 0.623. The lowest BCUT2D eigenvalue weighted by Crippen LogP contribution is -2.30. The van der Waals surface area contributed by atoms with Gasteiger partial charge in [0, 0.05) is 0 Å². The Balaban J connectivity index is 2.40. The summed E-state index contributed by atoms with van der Waals surface area (Å²) in [7, 11) is 1.35. The highest BCUT2D eigenvalue weighted by Gasteiger charge is 2.25. The van der Waals surface area contributed by atoms with Crippen molar-refractivity contribution in [3.05, 3.63) is 29.6 Å². The van der Waals surface area contributed by atoms with Crippen LogP contribution in [0, 0.1) is 5.82 Å². The van der Waals surface area contributed by atoms with E-state index in [1.54, 1.807) is 6.07 Å². The number of nitrogens with one attached hydrogen (secondary N) is 1. The predicted molar refractivity (Wildman–Crippen MR) is 55.6 cm³/mol. The maximum Gasteiger partial charge on any atom is 0.401 e. The van der Waals surface area contributed by atoms with Crippen LogP contribution in [0.25, 0.3) is 0 Å². The lowest BCUT2D eigenvalue weighted by Gasteiger charge is -2.08. The molecular weight excluding hydrogens is 238 g/mol. The van der Waals surface area contributed by atoms with Crippen LogP contribution in [0.15, 0.2) is 18.2 Å². The number of ether oxygens (including phenoxy) is 1. The number of hydrogen-bond acceptors (Lipinski definition) is 2. The third-order valence-corrected chi connectivity index (χ3v) is 2.13. The fourth-order valence-electron chi connectivity index (χ4n) is 1.33. The molecule has 0 fully saturated rings. The van der Waals surface area contributed by atoms with Gasteiger partial charge in [-0.25, -0.2) is 4.39 Å². The van der Waals surface area contributed by atoms with Gasteiger partial charge < -0.3 is 10.1 Å². The molecule has 17 heavy (non-hydrogen) atoms. The van der Waals surface area contributed by atoms with Crippen molar-refractivity contribution in [1.82, 2.24) is 5.32 Å². The summed E-state index contributed by atoms with van der Waals surface area (Å²) < 4.78 is 53.4. The molecule has 0 aliphatic heterocycles. The number of alkyl halides is 3. The molecule has 0 aliphatic carbocycles. The van der Waals surface area contributed by atoms with Crippen molar-refractivity contribution in [2.24, 2.45) is 0 Å². The lowest BCUT2D eigenvalue weighted by atomic mass is 10.1. The van der Waals surface area contributed by atoms with Crippen LogP contribution in [0.5, 0.6) is 5.75 Å². The number of halogens is 4. The Morgan fingerprint density at radius 2 is 2.00 bits per heavy atom. The summed E-state index contributed by atoms with van der Waals surface area (Å²) in [6.45, 7) is -0.892. The van der Waals surface area contributed by atoms with Crippen molar-refractivity contribution in [1.29, 1.82) is 0 Å². The van der Waals surface area contributed by atoms with Gasteiger partial charge in [0.15, 0.2) is 11.6 Å². The van der Waals surface area contributed by atoms with Gasteiger partial charge in [-0.3, -0.25) is 0 Å². The Bertz CT molecular complexity index is 365. The third-order valence-electron chi connectivity index (χ3n) is 2.13. The van der Waals surface area contributed by atoms with Gasteiger partial charge in [-0.05, 0) is 30.7 Å². The Labute approximate surface area is 96.6 Å². The van der Waals surface area contributed by atoms with Gasteiger partial charge in [-0.2, -0.15) is 13.2 Å². The summed E-state index contributed by atoms with van der Waals surface area (Å²) in [6, 6.07) is 4.33. The second kappa shape index (κ2) is 5.86. The first-order valence-electron chi connectivity index (χ1n) is 5.02. The molecule has 1 aromatic carbocycles. The first-order valence-corrected chi connectivity index (χ1v) is 5.02. The highest BCUT2D eigenvalue weighted by molar-refractivity contribution is 5.29. The molecule has 0 unspecified atom stereocenters. The van der Waals surface area contributed by atoms with E-state index in [1.165, 1.54) is 19.2 Å². The standard InChI is InChI=1S/C11H13F4NO/c1-17-10-3-2-8(6-9(10)12)4-5-16-7-11(13,14)15/h2-3,6,16H,4-5,7H2,1H3. The van der Waals surface area contributed by atoms with Gasteiger partial charge in [0.05, 0.1) is 13.7 Å². The van der Waals surface area contributed by atoms with Crippen LogP contribution in [0.1, 0.15) is 5.56 Å². The summed E-state index contributed by atoms with van der Waals surface area (Å²) in [6.07, 6.45) is -3.89. The molecule has 0 bridgehead atoms. The molecule has 0 saturated carbocycles. The molecule has 1 N–H and O–H groups in total. The number of rotatable bonds is 5. The molecule has 1 aromatic rings. The molecule has 96 valence electrons. The minimum absolute atomic E-state index is 0.122. The van der Waals surface area contributed by atoms with Crippen molar-refractivity contribution < 1.29 is 22.3 Å². The van der Waals surface area contributed by atoms with Crippen molar-refractivity contribution in [2.75, 3.05) is 20.2 Å². The van der Waals surface area contributed by atoms with Gasteiger partial charge in [-0.1, -0.05) is 6.07 Å². The largest absolute Gasteiger partial charge is 0.494 e. The van der Waals surface area contributed by atoms with E-state index in [2.05, 4.69) is 5.32 Å². The Morgan fingerprint density at radius 3 is 2.53 bits per heavy atom. The first kappa shape index (κ1) is 13.8. The van der Waals surface area contributed by atoms with Crippen LogP contribution < -0.4 is 10.1 Å². The van der Waals surface area contributed by atoms with Crippen LogP contribution in [-0.2, 0) is 6.42 Å². The fraction of sp³-hybridized carbons (Fsp3) is 0.455. The van der Waals surface area contributed by atoms with Gasteiger partial charge in [0.25, 0.3) is 0 Å². The lowest BCUT2D eigenvalue weighted by molar-refractivity contribution is -0.124. The molecule has 0 heterocycles. The maximum absolute atomic E-state index is 13.2. The molecule has 6 heteroatoms. The SMILES string of the molecule is COc1ccc(CCNCC(F)(F)F)cc1F. The average molecular weight is 251 g/mol. The number of hydrogen-bond donors (Lipinski definition) is 1. The zero-order valence-corrected chi connectivity index (χ0v) is 9.27. The second-order valence-electron chi connectivity index (χ2n) is 3.51.